The number of anilines is 2. The van der Waals surface area contributed by atoms with E-state index in [1.807, 2.05) is 42.3 Å². The first-order valence-corrected chi connectivity index (χ1v) is 7.77. The summed E-state index contributed by atoms with van der Waals surface area (Å²) in [6.07, 6.45) is 2.98. The first-order valence-electron chi connectivity index (χ1n) is 7.77. The molecule has 25 heavy (non-hydrogen) atoms. The highest BCUT2D eigenvalue weighted by molar-refractivity contribution is 5.93. The topological polar surface area (TPSA) is 58.1 Å². The fraction of sp³-hybridized carbons (Fsp3) is 0.105. The molecule has 6 heteroatoms. The fourth-order valence-corrected chi connectivity index (χ4v) is 2.27. The zero-order valence-corrected chi connectivity index (χ0v) is 13.7. The Kier molecular flexibility index (Phi) is 4.99. The van der Waals surface area contributed by atoms with Crippen LogP contribution in [0.1, 0.15) is 15.9 Å². The largest absolute Gasteiger partial charge is 0.348 e. The van der Waals surface area contributed by atoms with Gasteiger partial charge in [0.05, 0.1) is 5.56 Å². The van der Waals surface area contributed by atoms with Gasteiger partial charge >= 0.3 is 0 Å². The summed E-state index contributed by atoms with van der Waals surface area (Å²) in [5.74, 6) is -0.0823. The molecule has 3 rings (SSSR count). The van der Waals surface area contributed by atoms with Gasteiger partial charge in [0, 0.05) is 31.7 Å². The van der Waals surface area contributed by atoms with Crippen molar-refractivity contribution in [1.29, 1.82) is 0 Å². The molecule has 126 valence electrons. The lowest BCUT2D eigenvalue weighted by Crippen LogP contribution is -2.23. The summed E-state index contributed by atoms with van der Waals surface area (Å²) < 4.78 is 12.9. The molecule has 0 aliphatic heterocycles. The minimum absolute atomic E-state index is 0.279. The van der Waals surface area contributed by atoms with E-state index >= 15 is 0 Å². The van der Waals surface area contributed by atoms with E-state index in [1.165, 1.54) is 24.5 Å². The fourth-order valence-electron chi connectivity index (χ4n) is 2.27. The maximum Gasteiger partial charge on any atom is 0.254 e. The third-order valence-electron chi connectivity index (χ3n) is 3.71. The maximum absolute atomic E-state index is 12.9. The summed E-state index contributed by atoms with van der Waals surface area (Å²) in [6, 6.07) is 15.7. The predicted octanol–water partition coefficient (Wildman–Crippen LogP) is 3.31. The first kappa shape index (κ1) is 16.6. The summed E-state index contributed by atoms with van der Waals surface area (Å²) in [5.41, 5.74) is 2.14. The van der Waals surface area contributed by atoms with E-state index in [9.17, 15) is 9.18 Å². The first-order chi connectivity index (χ1) is 12.1. The minimum atomic E-state index is -0.304. The van der Waals surface area contributed by atoms with Crippen molar-refractivity contribution in [3.05, 3.63) is 83.9 Å². The molecular formula is C19H17FN4O. The normalized spacial score (nSPS) is 10.3. The van der Waals surface area contributed by atoms with Gasteiger partial charge in [-0.1, -0.05) is 30.3 Å². The zero-order chi connectivity index (χ0) is 17.6. The molecule has 0 spiro atoms. The van der Waals surface area contributed by atoms with Crippen molar-refractivity contribution in [1.82, 2.24) is 15.3 Å². The summed E-state index contributed by atoms with van der Waals surface area (Å²) in [5, 5.41) is 2.76. The molecule has 2 aromatic carbocycles. The molecule has 0 saturated carbocycles. The summed E-state index contributed by atoms with van der Waals surface area (Å²) in [7, 11) is 1.86. The number of aromatic nitrogens is 2. The Morgan fingerprint density at radius 3 is 2.32 bits per heavy atom. The van der Waals surface area contributed by atoms with Crippen LogP contribution in [0.25, 0.3) is 0 Å². The van der Waals surface area contributed by atoms with Crippen LogP contribution in [-0.4, -0.2) is 22.9 Å². The van der Waals surface area contributed by atoms with E-state index < -0.39 is 0 Å². The number of nitrogens with zero attached hydrogens (tertiary/aromatic N) is 3. The molecule has 0 saturated heterocycles. The van der Waals surface area contributed by atoms with Crippen molar-refractivity contribution >= 4 is 17.5 Å². The number of rotatable bonds is 5. The summed E-state index contributed by atoms with van der Waals surface area (Å²) in [6.45, 7) is 0.310. The highest BCUT2D eigenvalue weighted by atomic mass is 19.1. The molecule has 0 unspecified atom stereocenters. The zero-order valence-electron chi connectivity index (χ0n) is 13.7. The van der Waals surface area contributed by atoms with Crippen molar-refractivity contribution in [2.24, 2.45) is 0 Å². The van der Waals surface area contributed by atoms with E-state index in [0.717, 1.165) is 11.3 Å². The highest BCUT2D eigenvalue weighted by Gasteiger charge is 2.10. The van der Waals surface area contributed by atoms with E-state index in [2.05, 4.69) is 15.3 Å². The van der Waals surface area contributed by atoms with E-state index in [1.54, 1.807) is 12.1 Å². The molecule has 0 radical (unpaired) electrons. The number of hydrogen-bond acceptors (Lipinski definition) is 4. The molecule has 0 atom stereocenters. The van der Waals surface area contributed by atoms with Crippen LogP contribution in [0, 0.1) is 5.82 Å². The van der Waals surface area contributed by atoms with Crippen LogP contribution in [0.2, 0.25) is 0 Å². The lowest BCUT2D eigenvalue weighted by Gasteiger charge is -2.16. The number of carbonyl (C=O) groups excluding carboxylic acids is 1. The lowest BCUT2D eigenvalue weighted by atomic mass is 10.2. The Morgan fingerprint density at radius 1 is 1.04 bits per heavy atom. The van der Waals surface area contributed by atoms with Gasteiger partial charge in [0.25, 0.3) is 5.91 Å². The molecule has 1 aromatic heterocycles. The van der Waals surface area contributed by atoms with Crippen LogP contribution in [0.15, 0.2) is 67.0 Å². The summed E-state index contributed by atoms with van der Waals surface area (Å²) >= 11 is 0. The highest BCUT2D eigenvalue weighted by Crippen LogP contribution is 2.18. The Morgan fingerprint density at radius 2 is 1.68 bits per heavy atom. The second-order valence-corrected chi connectivity index (χ2v) is 5.48. The average Bonchev–Trinajstić information content (AvgIpc) is 2.67. The molecular weight excluding hydrogens is 319 g/mol. The lowest BCUT2D eigenvalue weighted by molar-refractivity contribution is 0.0950. The van der Waals surface area contributed by atoms with Crippen molar-refractivity contribution in [3.8, 4) is 0 Å². The van der Waals surface area contributed by atoms with Crippen LogP contribution in [0.5, 0.6) is 0 Å². The van der Waals surface area contributed by atoms with Crippen LogP contribution in [-0.2, 0) is 6.54 Å². The minimum Gasteiger partial charge on any atom is -0.348 e. The number of nitrogens with one attached hydrogen (secondary N) is 1. The predicted molar refractivity (Wildman–Crippen MR) is 94.1 cm³/mol. The van der Waals surface area contributed by atoms with E-state index in [4.69, 9.17) is 0 Å². The standard InChI is InChI=1S/C19H17FN4O/c1-24(17-5-3-2-4-6-17)19-22-12-15(13-23-19)18(25)21-11-14-7-9-16(20)10-8-14/h2-10,12-13H,11H2,1H3,(H,21,25). The average molecular weight is 336 g/mol. The Bertz CT molecular complexity index is 836. The second kappa shape index (κ2) is 7.53. The summed E-state index contributed by atoms with van der Waals surface area (Å²) in [4.78, 5) is 22.5. The maximum atomic E-state index is 12.9. The number of para-hydroxylation sites is 1. The van der Waals surface area contributed by atoms with Gasteiger partial charge in [-0.15, -0.1) is 0 Å². The Hall–Kier alpha value is -3.28. The van der Waals surface area contributed by atoms with Gasteiger partial charge < -0.3 is 10.2 Å². The number of hydrogen-bond donors (Lipinski definition) is 1. The van der Waals surface area contributed by atoms with Crippen LogP contribution < -0.4 is 10.2 Å². The van der Waals surface area contributed by atoms with E-state index in [0.29, 0.717) is 18.1 Å². The van der Waals surface area contributed by atoms with Crippen molar-refractivity contribution in [2.75, 3.05) is 11.9 Å². The van der Waals surface area contributed by atoms with Crippen LogP contribution >= 0.6 is 0 Å². The van der Waals surface area contributed by atoms with E-state index in [-0.39, 0.29) is 11.7 Å². The van der Waals surface area contributed by atoms with Crippen molar-refractivity contribution in [2.45, 2.75) is 6.54 Å². The van der Waals surface area contributed by atoms with Crippen LogP contribution in [0.4, 0.5) is 16.0 Å². The van der Waals surface area contributed by atoms with Gasteiger partial charge in [0.1, 0.15) is 5.82 Å². The smallest absolute Gasteiger partial charge is 0.254 e. The molecule has 3 aromatic rings. The van der Waals surface area contributed by atoms with Gasteiger partial charge in [-0.3, -0.25) is 4.79 Å². The third-order valence-corrected chi connectivity index (χ3v) is 3.71. The number of carbonyl (C=O) groups is 1. The molecule has 0 bridgehead atoms. The number of benzene rings is 2. The number of amides is 1. The van der Waals surface area contributed by atoms with Gasteiger partial charge in [-0.25, -0.2) is 14.4 Å². The van der Waals surface area contributed by atoms with Crippen LogP contribution in [0.3, 0.4) is 0 Å². The molecule has 0 aliphatic rings. The van der Waals surface area contributed by atoms with Gasteiger partial charge in [0.2, 0.25) is 5.95 Å². The molecule has 0 aliphatic carbocycles. The van der Waals surface area contributed by atoms with Gasteiger partial charge in [-0.2, -0.15) is 0 Å². The molecule has 1 heterocycles. The quantitative estimate of drug-likeness (QED) is 0.776. The Balaban J connectivity index is 1.63. The number of halogens is 1. The molecule has 1 amide bonds. The van der Waals surface area contributed by atoms with Gasteiger partial charge in [0.15, 0.2) is 0 Å². The van der Waals surface area contributed by atoms with Crippen molar-refractivity contribution < 1.29 is 9.18 Å². The Labute approximate surface area is 145 Å². The van der Waals surface area contributed by atoms with Gasteiger partial charge in [-0.05, 0) is 29.8 Å². The molecule has 1 N–H and O–H groups in total. The third kappa shape index (κ3) is 4.17. The monoisotopic (exact) mass is 336 g/mol. The second-order valence-electron chi connectivity index (χ2n) is 5.48. The molecule has 5 nitrogen and oxygen atoms in total. The SMILES string of the molecule is CN(c1ccccc1)c1ncc(C(=O)NCc2ccc(F)cc2)cn1. The molecule has 0 fully saturated rings. The van der Waals surface area contributed by atoms with Crippen molar-refractivity contribution in [3.63, 3.8) is 0 Å².